The first-order valence-electron chi connectivity index (χ1n) is 29.5. The van der Waals surface area contributed by atoms with E-state index in [0.717, 1.165) is 128 Å². The van der Waals surface area contributed by atoms with Crippen molar-refractivity contribution in [3.63, 3.8) is 0 Å². The van der Waals surface area contributed by atoms with E-state index in [2.05, 4.69) is 76.2 Å². The van der Waals surface area contributed by atoms with Crippen LogP contribution in [0.15, 0.2) is 0 Å². The van der Waals surface area contributed by atoms with Crippen LogP contribution in [0.2, 0.25) is 0 Å². The van der Waals surface area contributed by atoms with Crippen molar-refractivity contribution in [1.29, 1.82) is 0 Å². The summed E-state index contributed by atoms with van der Waals surface area (Å²) in [6.45, 7) is 35.4. The number of ketones is 5. The molecular formula is C63H112O10. The zero-order valence-corrected chi connectivity index (χ0v) is 49.9. The third-order valence-corrected chi connectivity index (χ3v) is 21.2. The van der Waals surface area contributed by atoms with E-state index in [4.69, 9.17) is 0 Å². The Morgan fingerprint density at radius 3 is 1.11 bits per heavy atom. The maximum absolute atomic E-state index is 11.6. The minimum absolute atomic E-state index is 0.0664. The fraction of sp³-hybridized carbons (Fsp3) is 0.921. The monoisotopic (exact) mass is 1030 g/mol. The molecule has 10 nitrogen and oxygen atoms in total. The summed E-state index contributed by atoms with van der Waals surface area (Å²) >= 11 is 0. The average molecular weight is 1030 g/mol. The Labute approximate surface area is 445 Å². The zero-order valence-electron chi connectivity index (χ0n) is 49.9. The molecule has 7 atom stereocenters. The molecule has 7 fully saturated rings. The molecule has 0 heterocycles. The Hall–Kier alpha value is -1.85. The van der Waals surface area contributed by atoms with Crippen molar-refractivity contribution in [3.8, 4) is 0 Å². The summed E-state index contributed by atoms with van der Waals surface area (Å²) in [7, 11) is 0. The van der Waals surface area contributed by atoms with Gasteiger partial charge in [0, 0.05) is 29.6 Å². The molecule has 7 aliphatic rings. The number of carbonyl (C=O) groups excluding carboxylic acids is 5. The summed E-state index contributed by atoms with van der Waals surface area (Å²) in [6.07, 6.45) is 18.3. The number of Topliss-reactive ketones (excluding diaryl/α,β-unsaturated/α-hetero) is 5. The lowest BCUT2D eigenvalue weighted by atomic mass is 9.50. The summed E-state index contributed by atoms with van der Waals surface area (Å²) < 4.78 is 0. The molecule has 7 unspecified atom stereocenters. The highest BCUT2D eigenvalue weighted by molar-refractivity contribution is 5.80. The van der Waals surface area contributed by atoms with Crippen molar-refractivity contribution >= 4 is 28.9 Å². The maximum atomic E-state index is 11.6. The van der Waals surface area contributed by atoms with E-state index in [0.29, 0.717) is 58.4 Å². The molecule has 7 aliphatic carbocycles. The van der Waals surface area contributed by atoms with Crippen molar-refractivity contribution < 1.29 is 49.5 Å². The van der Waals surface area contributed by atoms with Crippen molar-refractivity contribution in [2.45, 2.75) is 281 Å². The second-order valence-electron chi connectivity index (χ2n) is 28.4. The molecule has 0 radical (unpaired) electrons. The SMILES string of the molecule is CC(=O)C1C2CCC1CC(O)(C(C)C)C2.CC(=O)C1CCC(O)(C(C)C)CC1.CC(=O)C1CCC(O)(C(C)C)CC1(C)C.CC(=O)C1CCC(O)(C(C)C)CC1C.CC(=O)C1CCC2(CC1)CC(O)(C(C)C)C2. The lowest BCUT2D eigenvalue weighted by Gasteiger charge is -2.58. The highest BCUT2D eigenvalue weighted by atomic mass is 16.3. The Kier molecular flexibility index (Phi) is 23.1. The van der Waals surface area contributed by atoms with Gasteiger partial charge < -0.3 is 25.5 Å². The van der Waals surface area contributed by atoms with E-state index in [1.165, 1.54) is 0 Å². The van der Waals surface area contributed by atoms with Gasteiger partial charge in [-0.3, -0.25) is 24.0 Å². The van der Waals surface area contributed by atoms with Crippen LogP contribution in [-0.4, -0.2) is 82.5 Å². The summed E-state index contributed by atoms with van der Waals surface area (Å²) in [5.74, 6) is 5.37. The van der Waals surface area contributed by atoms with Gasteiger partial charge in [-0.25, -0.2) is 0 Å². The van der Waals surface area contributed by atoms with Gasteiger partial charge in [0.2, 0.25) is 0 Å². The molecule has 0 aliphatic heterocycles. The predicted octanol–water partition coefficient (Wildman–Crippen LogP) is 12.7. The molecule has 0 saturated heterocycles. The van der Waals surface area contributed by atoms with E-state index in [9.17, 15) is 49.5 Å². The van der Waals surface area contributed by atoms with E-state index < -0.39 is 28.0 Å². The minimum atomic E-state index is -0.574. The van der Waals surface area contributed by atoms with Crippen molar-refractivity contribution in [1.82, 2.24) is 0 Å². The predicted molar refractivity (Wildman–Crippen MR) is 294 cm³/mol. The Balaban J connectivity index is 0.000000241. The van der Waals surface area contributed by atoms with Gasteiger partial charge in [0.25, 0.3) is 0 Å². The quantitative estimate of drug-likeness (QED) is 0.141. The number of hydrogen-bond acceptors (Lipinski definition) is 10. The average Bonchev–Trinajstić information content (AvgIpc) is 3.55. The number of carbonyl (C=O) groups is 5. The summed E-state index contributed by atoms with van der Waals surface area (Å²) in [6, 6.07) is 0. The molecule has 0 aromatic heterocycles. The van der Waals surface area contributed by atoms with Crippen LogP contribution in [-0.2, 0) is 24.0 Å². The van der Waals surface area contributed by atoms with Crippen LogP contribution >= 0.6 is 0 Å². The molecule has 10 heteroatoms. The third kappa shape index (κ3) is 16.6. The molecule has 0 aromatic carbocycles. The van der Waals surface area contributed by atoms with E-state index >= 15 is 0 Å². The van der Waals surface area contributed by atoms with Gasteiger partial charge in [-0.1, -0.05) is 90.0 Å². The van der Waals surface area contributed by atoms with Crippen molar-refractivity contribution in [2.75, 3.05) is 0 Å². The highest BCUT2D eigenvalue weighted by Crippen LogP contribution is 2.60. The first-order valence-corrected chi connectivity index (χ1v) is 29.5. The topological polar surface area (TPSA) is 186 Å². The van der Waals surface area contributed by atoms with E-state index in [1.54, 1.807) is 34.6 Å². The third-order valence-electron chi connectivity index (χ3n) is 21.2. The Bertz CT molecular complexity index is 1780. The largest absolute Gasteiger partial charge is 0.390 e. The summed E-state index contributed by atoms with van der Waals surface area (Å²) in [5.41, 5.74) is -2.22. The summed E-state index contributed by atoms with van der Waals surface area (Å²) in [4.78, 5) is 56.8. The first-order chi connectivity index (χ1) is 33.3. The molecule has 0 aromatic rings. The van der Waals surface area contributed by atoms with Gasteiger partial charge in [-0.2, -0.15) is 0 Å². The molecule has 7 saturated carbocycles. The first kappa shape index (κ1) is 65.4. The van der Waals surface area contributed by atoms with Crippen LogP contribution in [0.25, 0.3) is 0 Å². The molecule has 2 bridgehead atoms. The number of hydrogen-bond donors (Lipinski definition) is 5. The van der Waals surface area contributed by atoms with Crippen LogP contribution in [0.5, 0.6) is 0 Å². The fourth-order valence-electron chi connectivity index (χ4n) is 15.2. The fourth-order valence-corrected chi connectivity index (χ4v) is 15.2. The Morgan fingerprint density at radius 2 is 0.781 bits per heavy atom. The molecule has 73 heavy (non-hydrogen) atoms. The summed E-state index contributed by atoms with van der Waals surface area (Å²) in [5, 5.41) is 51.7. The van der Waals surface area contributed by atoms with Crippen LogP contribution in [0.3, 0.4) is 0 Å². The van der Waals surface area contributed by atoms with Gasteiger partial charge in [0.1, 0.15) is 28.9 Å². The van der Waals surface area contributed by atoms with E-state index in [1.807, 2.05) is 13.8 Å². The highest BCUT2D eigenvalue weighted by Gasteiger charge is 2.56. The van der Waals surface area contributed by atoms with Crippen LogP contribution in [0, 0.1) is 87.8 Å². The molecule has 7 rings (SSSR count). The van der Waals surface area contributed by atoms with E-state index in [-0.39, 0.29) is 58.3 Å². The number of aliphatic hydroxyl groups is 5. The second kappa shape index (κ2) is 25.7. The number of fused-ring (bicyclic) bond motifs is 2. The van der Waals surface area contributed by atoms with Crippen LogP contribution in [0.4, 0.5) is 0 Å². The Morgan fingerprint density at radius 1 is 0.397 bits per heavy atom. The van der Waals surface area contributed by atoms with Crippen molar-refractivity contribution in [2.24, 2.45) is 87.8 Å². The van der Waals surface area contributed by atoms with Gasteiger partial charge >= 0.3 is 0 Å². The van der Waals surface area contributed by atoms with Crippen LogP contribution < -0.4 is 0 Å². The lowest BCUT2D eigenvalue weighted by Crippen LogP contribution is -2.56. The van der Waals surface area contributed by atoms with Gasteiger partial charge in [0.05, 0.1) is 28.0 Å². The zero-order chi connectivity index (χ0) is 56.0. The van der Waals surface area contributed by atoms with Gasteiger partial charge in [0.15, 0.2) is 0 Å². The van der Waals surface area contributed by atoms with Crippen molar-refractivity contribution in [3.05, 3.63) is 0 Å². The lowest BCUT2D eigenvalue weighted by molar-refractivity contribution is -0.172. The molecular weight excluding hydrogens is 917 g/mol. The normalized spacial score (nSPS) is 39.7. The maximum Gasteiger partial charge on any atom is 0.133 e. The van der Waals surface area contributed by atoms with Gasteiger partial charge in [-0.05, 0) is 221 Å². The smallest absolute Gasteiger partial charge is 0.133 e. The number of rotatable bonds is 10. The second-order valence-corrected chi connectivity index (χ2v) is 28.4. The van der Waals surface area contributed by atoms with Gasteiger partial charge in [-0.15, -0.1) is 0 Å². The van der Waals surface area contributed by atoms with Crippen LogP contribution in [0.1, 0.15) is 253 Å². The molecule has 0 amide bonds. The standard InChI is InChI=1S/C14H24O2.C13H22O2.C13H24O2.C12H22O2.C11H20O2/c1-10(2)14(16)8-13(9-14)6-4-12(5-7-13)11(3)15;1-8(2)13(15)6-10-4-5-11(7-13)12(10)9(3)14;1-9(2)13(15)7-6-11(10(3)14)12(4,5)8-13;1-8(2)12(14)6-5-11(10(4)13)9(3)7-12;1-8(2)11(13)6-4-10(5-7-11)9(3)12/h10,12,16H,4-9H2,1-3H3;8,10-12,15H,4-7H2,1-3H3;9,11,15H,6-8H2,1-5H3;8-9,11,14H,5-7H2,1-4H3;8,10,13H,4-7H2,1-3H3. The molecule has 1 spiro atoms. The minimum Gasteiger partial charge on any atom is -0.390 e. The molecule has 424 valence electrons. The molecule has 5 N–H and O–H groups in total.